The van der Waals surface area contributed by atoms with Gasteiger partial charge in [-0.25, -0.2) is 9.97 Å². The highest BCUT2D eigenvalue weighted by Crippen LogP contribution is 2.29. The molecule has 4 rings (SSSR count). The number of anilines is 2. The monoisotopic (exact) mass is 353 g/mol. The molecule has 6 nitrogen and oxygen atoms in total. The Bertz CT molecular complexity index is 813. The molecule has 1 N–H and O–H groups in total. The van der Waals surface area contributed by atoms with Crippen LogP contribution in [0.3, 0.4) is 0 Å². The highest BCUT2D eigenvalue weighted by molar-refractivity contribution is 7.15. The Balaban J connectivity index is 1.31. The van der Waals surface area contributed by atoms with Crippen molar-refractivity contribution in [1.29, 1.82) is 0 Å². The van der Waals surface area contributed by atoms with Gasteiger partial charge in [-0.2, -0.15) is 0 Å². The van der Waals surface area contributed by atoms with Crippen molar-refractivity contribution in [3.05, 3.63) is 59.5 Å². The molecule has 0 aliphatic carbocycles. The first-order valence-corrected chi connectivity index (χ1v) is 8.99. The Morgan fingerprint density at radius 1 is 1.24 bits per heavy atom. The SMILES string of the molecule is CN(Cc1cnc(Nc2cnccn2)s1)CC1Cc2ccccc2O1. The number of rotatable bonds is 6. The fourth-order valence-corrected chi connectivity index (χ4v) is 3.85. The Hall–Kier alpha value is -2.51. The number of para-hydroxylation sites is 1. The Morgan fingerprint density at radius 3 is 3.00 bits per heavy atom. The highest BCUT2D eigenvalue weighted by Gasteiger charge is 2.23. The van der Waals surface area contributed by atoms with Crippen molar-refractivity contribution >= 4 is 22.3 Å². The number of ether oxygens (including phenoxy) is 1. The van der Waals surface area contributed by atoms with E-state index in [4.69, 9.17) is 4.74 Å². The number of thiazole rings is 1. The summed E-state index contributed by atoms with van der Waals surface area (Å²) in [5.74, 6) is 1.73. The van der Waals surface area contributed by atoms with E-state index in [0.29, 0.717) is 5.82 Å². The molecule has 3 heterocycles. The molecule has 128 valence electrons. The first-order valence-electron chi connectivity index (χ1n) is 8.17. The van der Waals surface area contributed by atoms with Crippen molar-refractivity contribution in [3.8, 4) is 5.75 Å². The molecule has 0 bridgehead atoms. The number of benzene rings is 1. The summed E-state index contributed by atoms with van der Waals surface area (Å²) in [6.07, 6.45) is 8.09. The molecule has 0 fully saturated rings. The Kier molecular flexibility index (Phi) is 4.58. The third-order valence-corrected chi connectivity index (χ3v) is 4.90. The topological polar surface area (TPSA) is 63.2 Å². The molecule has 7 heteroatoms. The number of fused-ring (bicyclic) bond motifs is 1. The molecule has 1 aromatic carbocycles. The fourth-order valence-electron chi connectivity index (χ4n) is 2.95. The van der Waals surface area contributed by atoms with Gasteiger partial charge in [0.15, 0.2) is 10.9 Å². The molecule has 1 atom stereocenters. The van der Waals surface area contributed by atoms with E-state index in [1.165, 1.54) is 10.4 Å². The van der Waals surface area contributed by atoms with Gasteiger partial charge in [-0.1, -0.05) is 18.2 Å². The molecule has 25 heavy (non-hydrogen) atoms. The van der Waals surface area contributed by atoms with Gasteiger partial charge in [-0.3, -0.25) is 9.88 Å². The summed E-state index contributed by atoms with van der Waals surface area (Å²) in [5, 5.41) is 4.00. The summed E-state index contributed by atoms with van der Waals surface area (Å²) in [5.41, 5.74) is 1.30. The summed E-state index contributed by atoms with van der Waals surface area (Å²) in [4.78, 5) is 16.1. The minimum absolute atomic E-state index is 0.215. The zero-order chi connectivity index (χ0) is 17.1. The van der Waals surface area contributed by atoms with Crippen LogP contribution in [-0.4, -0.2) is 39.5 Å². The molecule has 1 unspecified atom stereocenters. The number of nitrogens with zero attached hydrogens (tertiary/aromatic N) is 4. The van der Waals surface area contributed by atoms with Crippen LogP contribution in [0.1, 0.15) is 10.4 Å². The largest absolute Gasteiger partial charge is 0.488 e. The quantitative estimate of drug-likeness (QED) is 0.735. The molecule has 0 radical (unpaired) electrons. The average Bonchev–Trinajstić information content (AvgIpc) is 3.21. The predicted molar refractivity (Wildman–Crippen MR) is 98.3 cm³/mol. The third-order valence-electron chi connectivity index (χ3n) is 4.01. The summed E-state index contributed by atoms with van der Waals surface area (Å²) < 4.78 is 6.02. The lowest BCUT2D eigenvalue weighted by Gasteiger charge is -2.19. The maximum absolute atomic E-state index is 6.02. The Morgan fingerprint density at radius 2 is 2.16 bits per heavy atom. The summed E-state index contributed by atoms with van der Waals surface area (Å²) in [6.45, 7) is 1.73. The van der Waals surface area contributed by atoms with E-state index in [9.17, 15) is 0 Å². The lowest BCUT2D eigenvalue weighted by atomic mass is 10.1. The number of hydrogen-bond acceptors (Lipinski definition) is 7. The molecule has 1 aliphatic heterocycles. The second-order valence-corrected chi connectivity index (χ2v) is 7.21. The van der Waals surface area contributed by atoms with Crippen LogP contribution in [0.2, 0.25) is 0 Å². The van der Waals surface area contributed by atoms with Crippen molar-refractivity contribution in [2.45, 2.75) is 19.1 Å². The van der Waals surface area contributed by atoms with E-state index in [1.54, 1.807) is 29.9 Å². The van der Waals surface area contributed by atoms with Gasteiger partial charge in [-0.05, 0) is 18.7 Å². The Labute approximate surface area is 150 Å². The minimum Gasteiger partial charge on any atom is -0.488 e. The number of aromatic nitrogens is 3. The van der Waals surface area contributed by atoms with Crippen molar-refractivity contribution in [2.75, 3.05) is 18.9 Å². The van der Waals surface area contributed by atoms with Crippen LogP contribution in [0, 0.1) is 0 Å². The summed E-state index contributed by atoms with van der Waals surface area (Å²) in [7, 11) is 2.11. The molecule has 0 saturated carbocycles. The first kappa shape index (κ1) is 16.0. The van der Waals surface area contributed by atoms with Gasteiger partial charge in [0, 0.05) is 43.0 Å². The van der Waals surface area contributed by atoms with Gasteiger partial charge in [0.2, 0.25) is 0 Å². The van der Waals surface area contributed by atoms with Gasteiger partial charge in [0.25, 0.3) is 0 Å². The van der Waals surface area contributed by atoms with Crippen LogP contribution in [0.4, 0.5) is 10.9 Å². The molecule has 0 saturated heterocycles. The zero-order valence-corrected chi connectivity index (χ0v) is 14.7. The van der Waals surface area contributed by atoms with Gasteiger partial charge in [0.05, 0.1) is 6.20 Å². The van der Waals surface area contributed by atoms with Gasteiger partial charge >= 0.3 is 0 Å². The minimum atomic E-state index is 0.215. The van der Waals surface area contributed by atoms with Gasteiger partial charge in [0.1, 0.15) is 11.9 Å². The van der Waals surface area contributed by atoms with E-state index in [1.807, 2.05) is 18.3 Å². The van der Waals surface area contributed by atoms with Crippen molar-refractivity contribution in [1.82, 2.24) is 19.9 Å². The van der Waals surface area contributed by atoms with Crippen LogP contribution in [0.5, 0.6) is 5.75 Å². The molecule has 0 amide bonds. The second kappa shape index (κ2) is 7.16. The summed E-state index contributed by atoms with van der Waals surface area (Å²) in [6, 6.07) is 8.27. The fraction of sp³-hybridized carbons (Fsp3) is 0.278. The maximum Gasteiger partial charge on any atom is 0.188 e. The first-order chi connectivity index (χ1) is 12.3. The summed E-state index contributed by atoms with van der Waals surface area (Å²) >= 11 is 1.63. The highest BCUT2D eigenvalue weighted by atomic mass is 32.1. The maximum atomic E-state index is 6.02. The van der Waals surface area contributed by atoms with Crippen molar-refractivity contribution < 1.29 is 4.74 Å². The standard InChI is InChI=1S/C18H19N5OS/c1-23(11-14-8-13-4-2-3-5-16(13)24-14)12-15-9-21-18(25-15)22-17-10-19-6-7-20-17/h2-7,9-10,14H,8,11-12H2,1H3,(H,20,21,22). The molecular weight excluding hydrogens is 334 g/mol. The van der Waals surface area contributed by atoms with Gasteiger partial charge < -0.3 is 10.1 Å². The van der Waals surface area contributed by atoms with Crippen LogP contribution < -0.4 is 10.1 Å². The average molecular weight is 353 g/mol. The molecule has 2 aromatic heterocycles. The normalized spacial score (nSPS) is 15.8. The number of hydrogen-bond donors (Lipinski definition) is 1. The van der Waals surface area contributed by atoms with E-state index in [2.05, 4.69) is 44.3 Å². The lowest BCUT2D eigenvalue weighted by Crippen LogP contribution is -2.31. The number of likely N-dealkylation sites (N-methyl/N-ethyl adjacent to an activating group) is 1. The van der Waals surface area contributed by atoms with E-state index in [-0.39, 0.29) is 6.10 Å². The third kappa shape index (κ3) is 3.94. The smallest absolute Gasteiger partial charge is 0.188 e. The second-order valence-electron chi connectivity index (χ2n) is 6.10. The van der Waals surface area contributed by atoms with Crippen molar-refractivity contribution in [2.24, 2.45) is 0 Å². The van der Waals surface area contributed by atoms with E-state index >= 15 is 0 Å². The van der Waals surface area contributed by atoms with Crippen molar-refractivity contribution in [3.63, 3.8) is 0 Å². The zero-order valence-electron chi connectivity index (χ0n) is 13.9. The van der Waals surface area contributed by atoms with E-state index in [0.717, 1.165) is 30.4 Å². The molecule has 3 aromatic rings. The number of nitrogens with one attached hydrogen (secondary N) is 1. The van der Waals surface area contributed by atoms with Crippen LogP contribution >= 0.6 is 11.3 Å². The predicted octanol–water partition coefficient (Wildman–Crippen LogP) is 3.11. The lowest BCUT2D eigenvalue weighted by molar-refractivity contribution is 0.165. The molecule has 1 aliphatic rings. The molecular formula is C18H19N5OS. The van der Waals surface area contributed by atoms with Crippen LogP contribution in [0.25, 0.3) is 0 Å². The molecule has 0 spiro atoms. The van der Waals surface area contributed by atoms with Gasteiger partial charge in [-0.15, -0.1) is 11.3 Å². The van der Waals surface area contributed by atoms with E-state index < -0.39 is 0 Å². The van der Waals surface area contributed by atoms with Crippen LogP contribution in [-0.2, 0) is 13.0 Å². The van der Waals surface area contributed by atoms with Crippen LogP contribution in [0.15, 0.2) is 49.1 Å².